The standard InChI is InChI=1S/C9H16N4O3S/c1-9(2,3)13-7(14)4-12-17(15,16)8-5-10-6-11-8/h5-6,12H,4H2,1-3H3,(H,10,11)(H,13,14). The minimum Gasteiger partial charge on any atom is -0.350 e. The lowest BCUT2D eigenvalue weighted by Crippen LogP contribution is -2.45. The van der Waals surface area contributed by atoms with Gasteiger partial charge in [0.25, 0.3) is 10.0 Å². The van der Waals surface area contributed by atoms with E-state index >= 15 is 0 Å². The molecule has 1 heterocycles. The lowest BCUT2D eigenvalue weighted by Gasteiger charge is -2.20. The summed E-state index contributed by atoms with van der Waals surface area (Å²) in [4.78, 5) is 17.5. The fourth-order valence-electron chi connectivity index (χ4n) is 1.09. The van der Waals surface area contributed by atoms with Crippen molar-refractivity contribution in [3.8, 4) is 0 Å². The summed E-state index contributed by atoms with van der Waals surface area (Å²) < 4.78 is 25.4. The summed E-state index contributed by atoms with van der Waals surface area (Å²) in [7, 11) is -3.70. The first kappa shape index (κ1) is 13.7. The van der Waals surface area contributed by atoms with Crippen molar-refractivity contribution >= 4 is 15.9 Å². The van der Waals surface area contributed by atoms with Crippen molar-refractivity contribution in [1.82, 2.24) is 20.0 Å². The van der Waals surface area contributed by atoms with E-state index in [1.165, 1.54) is 12.5 Å². The molecule has 0 aliphatic rings. The van der Waals surface area contributed by atoms with Crippen molar-refractivity contribution < 1.29 is 13.2 Å². The third-order valence-corrected chi connectivity index (χ3v) is 3.03. The highest BCUT2D eigenvalue weighted by Gasteiger charge is 2.19. The van der Waals surface area contributed by atoms with Crippen molar-refractivity contribution in [2.45, 2.75) is 31.3 Å². The summed E-state index contributed by atoms with van der Waals surface area (Å²) in [6, 6.07) is 0. The zero-order chi connectivity index (χ0) is 13.1. The highest BCUT2D eigenvalue weighted by molar-refractivity contribution is 7.89. The van der Waals surface area contributed by atoms with Crippen molar-refractivity contribution in [3.63, 3.8) is 0 Å². The Morgan fingerprint density at radius 1 is 1.47 bits per heavy atom. The van der Waals surface area contributed by atoms with Crippen LogP contribution < -0.4 is 10.0 Å². The molecule has 17 heavy (non-hydrogen) atoms. The summed E-state index contributed by atoms with van der Waals surface area (Å²) in [5.41, 5.74) is -0.392. The molecule has 0 bridgehead atoms. The molecule has 0 radical (unpaired) electrons. The number of H-pyrrole nitrogens is 1. The van der Waals surface area contributed by atoms with Gasteiger partial charge in [-0.1, -0.05) is 0 Å². The zero-order valence-corrected chi connectivity index (χ0v) is 10.8. The summed E-state index contributed by atoms with van der Waals surface area (Å²) in [5.74, 6) is -0.388. The molecule has 1 aromatic heterocycles. The van der Waals surface area contributed by atoms with Gasteiger partial charge in [0.05, 0.1) is 19.1 Å². The minimum absolute atomic E-state index is 0.0685. The average molecular weight is 260 g/mol. The van der Waals surface area contributed by atoms with Crippen LogP contribution in [-0.4, -0.2) is 36.4 Å². The number of amides is 1. The smallest absolute Gasteiger partial charge is 0.258 e. The quantitative estimate of drug-likeness (QED) is 0.685. The van der Waals surface area contributed by atoms with E-state index in [1.807, 2.05) is 20.8 Å². The molecular formula is C9H16N4O3S. The molecule has 1 rings (SSSR count). The average Bonchev–Trinajstić information content (AvgIpc) is 2.65. The number of rotatable bonds is 4. The van der Waals surface area contributed by atoms with E-state index in [9.17, 15) is 13.2 Å². The first-order valence-electron chi connectivity index (χ1n) is 5.00. The fraction of sp³-hybridized carbons (Fsp3) is 0.556. The molecule has 0 atom stereocenters. The highest BCUT2D eigenvalue weighted by atomic mass is 32.2. The molecule has 96 valence electrons. The summed E-state index contributed by atoms with van der Waals surface area (Å²) in [6.07, 6.45) is 2.42. The van der Waals surface area contributed by atoms with Crippen LogP contribution in [0.25, 0.3) is 0 Å². The van der Waals surface area contributed by atoms with E-state index in [2.05, 4.69) is 20.0 Å². The summed E-state index contributed by atoms with van der Waals surface area (Å²) in [6.45, 7) is 5.13. The molecule has 3 N–H and O–H groups in total. The van der Waals surface area contributed by atoms with Crippen molar-refractivity contribution in [1.29, 1.82) is 0 Å². The van der Waals surface area contributed by atoms with Gasteiger partial charge in [0.15, 0.2) is 5.03 Å². The van der Waals surface area contributed by atoms with Gasteiger partial charge in [-0.2, -0.15) is 0 Å². The van der Waals surface area contributed by atoms with Crippen molar-refractivity contribution in [3.05, 3.63) is 12.5 Å². The number of imidazole rings is 1. The third kappa shape index (κ3) is 4.53. The Morgan fingerprint density at radius 2 is 2.12 bits per heavy atom. The monoisotopic (exact) mass is 260 g/mol. The summed E-state index contributed by atoms with van der Waals surface area (Å²) >= 11 is 0. The molecule has 8 heteroatoms. The van der Waals surface area contributed by atoms with E-state index in [-0.39, 0.29) is 17.5 Å². The minimum atomic E-state index is -3.70. The third-order valence-electron chi connectivity index (χ3n) is 1.70. The number of aromatic amines is 1. The topological polar surface area (TPSA) is 104 Å². The molecule has 0 saturated carbocycles. The number of nitrogens with one attached hydrogen (secondary N) is 3. The number of carbonyl (C=O) groups excluding carboxylic acids is 1. The predicted octanol–water partition coefficient (Wildman–Crippen LogP) is -0.397. The van der Waals surface area contributed by atoms with E-state index in [4.69, 9.17) is 0 Å². The fourth-order valence-corrected chi connectivity index (χ4v) is 1.97. The molecule has 7 nitrogen and oxygen atoms in total. The van der Waals surface area contributed by atoms with Gasteiger partial charge in [0.2, 0.25) is 5.91 Å². The molecule has 0 saturated heterocycles. The number of sulfonamides is 1. The second-order valence-corrected chi connectivity index (χ2v) is 6.27. The lowest BCUT2D eigenvalue weighted by atomic mass is 10.1. The first-order valence-corrected chi connectivity index (χ1v) is 6.48. The Morgan fingerprint density at radius 3 is 2.59 bits per heavy atom. The normalized spacial score (nSPS) is 12.4. The Labute approximate surface area is 100 Å². The van der Waals surface area contributed by atoms with Crippen LogP contribution in [0.15, 0.2) is 17.6 Å². The van der Waals surface area contributed by atoms with Crippen molar-refractivity contribution in [2.75, 3.05) is 6.54 Å². The molecule has 0 spiro atoms. The Balaban J connectivity index is 2.55. The second-order valence-electron chi connectivity index (χ2n) is 4.54. The molecule has 0 aromatic carbocycles. The number of aromatic nitrogens is 2. The van der Waals surface area contributed by atoms with Crippen LogP contribution in [0.5, 0.6) is 0 Å². The zero-order valence-electron chi connectivity index (χ0n) is 9.94. The number of hydrogen-bond donors (Lipinski definition) is 3. The molecule has 1 aromatic rings. The van der Waals surface area contributed by atoms with Gasteiger partial charge >= 0.3 is 0 Å². The lowest BCUT2D eigenvalue weighted by molar-refractivity contribution is -0.121. The summed E-state index contributed by atoms with van der Waals surface area (Å²) in [5, 5.41) is 2.58. The van der Waals surface area contributed by atoms with Crippen molar-refractivity contribution in [2.24, 2.45) is 0 Å². The van der Waals surface area contributed by atoms with Crippen LogP contribution in [0.2, 0.25) is 0 Å². The van der Waals surface area contributed by atoms with Gasteiger partial charge in [-0.25, -0.2) is 18.1 Å². The van der Waals surface area contributed by atoms with Gasteiger partial charge in [-0.3, -0.25) is 4.79 Å². The number of hydrogen-bond acceptors (Lipinski definition) is 4. The first-order chi connectivity index (χ1) is 7.71. The molecular weight excluding hydrogens is 244 g/mol. The Hall–Kier alpha value is -1.41. The number of carbonyl (C=O) groups is 1. The highest BCUT2D eigenvalue weighted by Crippen LogP contribution is 2.01. The molecule has 1 amide bonds. The molecule has 0 fully saturated rings. The van der Waals surface area contributed by atoms with E-state index in [1.54, 1.807) is 0 Å². The van der Waals surface area contributed by atoms with Crippen LogP contribution in [0.1, 0.15) is 20.8 Å². The maximum Gasteiger partial charge on any atom is 0.258 e. The Bertz CT molecular complexity index is 473. The van der Waals surface area contributed by atoms with E-state index in [0.29, 0.717) is 0 Å². The predicted molar refractivity (Wildman–Crippen MR) is 61.7 cm³/mol. The van der Waals surface area contributed by atoms with E-state index in [0.717, 1.165) is 0 Å². The largest absolute Gasteiger partial charge is 0.350 e. The maximum absolute atomic E-state index is 11.6. The van der Waals surface area contributed by atoms with Gasteiger partial charge in [-0.15, -0.1) is 0 Å². The van der Waals surface area contributed by atoms with Crippen LogP contribution in [0.3, 0.4) is 0 Å². The second kappa shape index (κ2) is 4.84. The van der Waals surface area contributed by atoms with Crippen LogP contribution >= 0.6 is 0 Å². The van der Waals surface area contributed by atoms with Gasteiger partial charge in [-0.05, 0) is 20.8 Å². The van der Waals surface area contributed by atoms with Gasteiger partial charge < -0.3 is 10.3 Å². The van der Waals surface area contributed by atoms with Crippen LogP contribution in [0, 0.1) is 0 Å². The van der Waals surface area contributed by atoms with E-state index < -0.39 is 15.6 Å². The van der Waals surface area contributed by atoms with Gasteiger partial charge in [0, 0.05) is 5.54 Å². The number of nitrogens with zero attached hydrogens (tertiary/aromatic N) is 1. The van der Waals surface area contributed by atoms with Crippen LogP contribution in [-0.2, 0) is 14.8 Å². The Kier molecular flexibility index (Phi) is 3.89. The molecule has 0 aliphatic heterocycles. The molecule has 0 unspecified atom stereocenters. The maximum atomic E-state index is 11.6. The SMILES string of the molecule is CC(C)(C)NC(=O)CNS(=O)(=O)c1cnc[nH]1. The molecule has 0 aliphatic carbocycles. The van der Waals surface area contributed by atoms with Gasteiger partial charge in [0.1, 0.15) is 0 Å². The van der Waals surface area contributed by atoms with Crippen LogP contribution in [0.4, 0.5) is 0 Å².